The Hall–Kier alpha value is -2.24. The van der Waals surface area contributed by atoms with Gasteiger partial charge in [0.2, 0.25) is 5.96 Å². The number of guanidine groups is 1. The van der Waals surface area contributed by atoms with Gasteiger partial charge in [0.25, 0.3) is 0 Å². The van der Waals surface area contributed by atoms with E-state index >= 15 is 0 Å². The molecular weight excluding hydrogens is 421 g/mol. The number of benzene rings is 2. The van der Waals surface area contributed by atoms with Crippen LogP contribution in [-0.2, 0) is 9.53 Å². The molecule has 1 saturated heterocycles. The van der Waals surface area contributed by atoms with E-state index < -0.39 is 6.04 Å². The molecule has 1 heterocycles. The fourth-order valence-corrected chi connectivity index (χ4v) is 3.92. The van der Waals surface area contributed by atoms with E-state index in [0.717, 1.165) is 36.7 Å². The molecule has 0 aromatic heterocycles. The quantitative estimate of drug-likeness (QED) is 0.515. The number of anilines is 1. The number of carbonyl (C=O) groups is 1. The Balaban J connectivity index is 2.14. The number of esters is 1. The highest BCUT2D eigenvalue weighted by atomic mass is 35.5. The van der Waals surface area contributed by atoms with Crippen LogP contribution in [0.25, 0.3) is 0 Å². The molecule has 0 saturated carbocycles. The lowest BCUT2D eigenvalue weighted by atomic mass is 10.0. The van der Waals surface area contributed by atoms with E-state index in [9.17, 15) is 4.79 Å². The van der Waals surface area contributed by atoms with E-state index in [4.69, 9.17) is 32.9 Å². The number of hydrogen-bond donors (Lipinski definition) is 0. The van der Waals surface area contributed by atoms with Crippen LogP contribution in [0, 0.1) is 0 Å². The molecule has 1 aliphatic rings. The molecule has 0 bridgehead atoms. The molecule has 0 spiro atoms. The van der Waals surface area contributed by atoms with Crippen LogP contribution in [0.2, 0.25) is 10.0 Å². The highest BCUT2D eigenvalue weighted by molar-refractivity contribution is 6.31. The second-order valence-electron chi connectivity index (χ2n) is 7.41. The van der Waals surface area contributed by atoms with Crippen molar-refractivity contribution in [2.75, 3.05) is 18.6 Å². The molecule has 2 aromatic rings. The molecule has 7 heteroatoms. The van der Waals surface area contributed by atoms with Crippen LogP contribution in [0.15, 0.2) is 53.5 Å². The standard InChI is InChI=1S/C23H27Cl2N3O2/c1-4-5-14-27-16(2)15-21(22(29)30-3)28(20-12-8-18(25)9-13-20)23(27)26-19-10-6-17(24)7-11-19/h6-13,16,21H,4-5,14-15H2,1-3H3/t16-,21+/m1/s1. The van der Waals surface area contributed by atoms with Crippen LogP contribution in [0.3, 0.4) is 0 Å². The third kappa shape index (κ3) is 5.08. The molecule has 3 rings (SSSR count). The van der Waals surface area contributed by atoms with Crippen LogP contribution < -0.4 is 4.90 Å². The minimum Gasteiger partial charge on any atom is -0.467 e. The molecular formula is C23H27Cl2N3O2. The van der Waals surface area contributed by atoms with Gasteiger partial charge in [-0.05, 0) is 68.3 Å². The van der Waals surface area contributed by atoms with Crippen molar-refractivity contribution < 1.29 is 9.53 Å². The SMILES string of the molecule is CCCCN1C(=Nc2ccc(Cl)cc2)N(c2ccc(Cl)cc2)[C@H](C(=O)OC)C[C@H]1C. The maximum Gasteiger partial charge on any atom is 0.329 e. The summed E-state index contributed by atoms with van der Waals surface area (Å²) in [4.78, 5) is 21.9. The van der Waals surface area contributed by atoms with Crippen LogP contribution in [0.5, 0.6) is 0 Å². The van der Waals surface area contributed by atoms with E-state index in [1.54, 1.807) is 0 Å². The molecule has 30 heavy (non-hydrogen) atoms. The van der Waals surface area contributed by atoms with Gasteiger partial charge < -0.3 is 9.64 Å². The first-order chi connectivity index (χ1) is 14.4. The lowest BCUT2D eigenvalue weighted by molar-refractivity contribution is -0.142. The van der Waals surface area contributed by atoms with Crippen molar-refractivity contribution in [3.05, 3.63) is 58.6 Å². The van der Waals surface area contributed by atoms with Gasteiger partial charge in [-0.25, -0.2) is 9.79 Å². The van der Waals surface area contributed by atoms with Crippen molar-refractivity contribution in [3.63, 3.8) is 0 Å². The minimum atomic E-state index is -0.477. The number of hydrogen-bond acceptors (Lipinski definition) is 3. The Morgan fingerprint density at radius 2 is 1.70 bits per heavy atom. The Kier molecular flexibility index (Phi) is 7.62. The largest absolute Gasteiger partial charge is 0.467 e. The smallest absolute Gasteiger partial charge is 0.329 e. The molecule has 0 radical (unpaired) electrons. The minimum absolute atomic E-state index is 0.134. The number of unbranched alkanes of at least 4 members (excludes halogenated alkanes) is 1. The Morgan fingerprint density at radius 1 is 1.10 bits per heavy atom. The summed E-state index contributed by atoms with van der Waals surface area (Å²) in [5.41, 5.74) is 1.61. The van der Waals surface area contributed by atoms with Crippen LogP contribution >= 0.6 is 23.2 Å². The topological polar surface area (TPSA) is 45.1 Å². The summed E-state index contributed by atoms with van der Waals surface area (Å²) in [7, 11) is 1.42. The second-order valence-corrected chi connectivity index (χ2v) is 8.28. The van der Waals surface area contributed by atoms with Crippen LogP contribution in [-0.4, -0.2) is 42.6 Å². The van der Waals surface area contributed by atoms with Crippen molar-refractivity contribution >= 4 is 46.5 Å². The summed E-state index contributed by atoms with van der Waals surface area (Å²) >= 11 is 12.2. The van der Waals surface area contributed by atoms with Gasteiger partial charge in [-0.3, -0.25) is 4.90 Å². The first-order valence-electron chi connectivity index (χ1n) is 10.2. The molecule has 1 fully saturated rings. The summed E-state index contributed by atoms with van der Waals surface area (Å²) in [6, 6.07) is 14.5. The number of methoxy groups -OCH3 is 1. The summed E-state index contributed by atoms with van der Waals surface area (Å²) in [6.07, 6.45) is 2.73. The molecule has 160 valence electrons. The van der Waals surface area contributed by atoms with Crippen molar-refractivity contribution in [2.24, 2.45) is 4.99 Å². The van der Waals surface area contributed by atoms with Crippen molar-refractivity contribution in [2.45, 2.75) is 45.2 Å². The maximum absolute atomic E-state index is 12.7. The van der Waals surface area contributed by atoms with Crippen molar-refractivity contribution in [1.29, 1.82) is 0 Å². The van der Waals surface area contributed by atoms with Gasteiger partial charge in [0.05, 0.1) is 12.8 Å². The van der Waals surface area contributed by atoms with E-state index in [0.29, 0.717) is 16.5 Å². The normalized spacial score (nSPS) is 20.5. The highest BCUT2D eigenvalue weighted by Gasteiger charge is 2.41. The molecule has 0 amide bonds. The third-order valence-corrected chi connectivity index (χ3v) is 5.77. The summed E-state index contributed by atoms with van der Waals surface area (Å²) in [5.74, 6) is 0.443. The lowest BCUT2D eigenvalue weighted by Gasteiger charge is -2.46. The van der Waals surface area contributed by atoms with Gasteiger partial charge >= 0.3 is 5.97 Å². The Labute approximate surface area is 188 Å². The van der Waals surface area contributed by atoms with Gasteiger partial charge in [0, 0.05) is 28.3 Å². The average Bonchev–Trinajstić information content (AvgIpc) is 2.75. The van der Waals surface area contributed by atoms with Gasteiger partial charge in [-0.2, -0.15) is 0 Å². The molecule has 0 N–H and O–H groups in total. The zero-order valence-electron chi connectivity index (χ0n) is 17.5. The Morgan fingerprint density at radius 3 is 2.27 bits per heavy atom. The molecule has 1 aliphatic heterocycles. The van der Waals surface area contributed by atoms with E-state index in [1.165, 1.54) is 7.11 Å². The second kappa shape index (κ2) is 10.2. The fraction of sp³-hybridized carbons (Fsp3) is 0.391. The van der Waals surface area contributed by atoms with Crippen molar-refractivity contribution in [3.8, 4) is 0 Å². The third-order valence-electron chi connectivity index (χ3n) is 5.27. The predicted molar refractivity (Wildman–Crippen MR) is 124 cm³/mol. The van der Waals surface area contributed by atoms with Gasteiger partial charge in [0.1, 0.15) is 6.04 Å². The van der Waals surface area contributed by atoms with Crippen molar-refractivity contribution in [1.82, 2.24) is 4.90 Å². The lowest BCUT2D eigenvalue weighted by Crippen LogP contribution is -2.61. The van der Waals surface area contributed by atoms with E-state index in [1.807, 2.05) is 53.4 Å². The molecule has 0 aliphatic carbocycles. The predicted octanol–water partition coefficient (Wildman–Crippen LogP) is 5.92. The number of rotatable bonds is 6. The van der Waals surface area contributed by atoms with E-state index in [2.05, 4.69) is 18.7 Å². The van der Waals surface area contributed by atoms with Gasteiger partial charge in [0.15, 0.2) is 0 Å². The molecule has 0 unspecified atom stereocenters. The number of nitrogens with zero attached hydrogens (tertiary/aromatic N) is 3. The molecule has 5 nitrogen and oxygen atoms in total. The first kappa shape index (κ1) is 22.4. The fourth-order valence-electron chi connectivity index (χ4n) is 3.66. The zero-order chi connectivity index (χ0) is 21.7. The highest BCUT2D eigenvalue weighted by Crippen LogP contribution is 2.31. The zero-order valence-corrected chi connectivity index (χ0v) is 19.0. The van der Waals surface area contributed by atoms with Gasteiger partial charge in [-0.15, -0.1) is 0 Å². The van der Waals surface area contributed by atoms with E-state index in [-0.39, 0.29) is 12.0 Å². The summed E-state index contributed by atoms with van der Waals surface area (Å²) < 4.78 is 5.15. The Bertz CT molecular complexity index is 884. The summed E-state index contributed by atoms with van der Waals surface area (Å²) in [5, 5.41) is 1.29. The van der Waals surface area contributed by atoms with Crippen LogP contribution in [0.4, 0.5) is 11.4 Å². The molecule has 2 aromatic carbocycles. The number of carbonyl (C=O) groups excluding carboxylic acids is 1. The van der Waals surface area contributed by atoms with Crippen LogP contribution in [0.1, 0.15) is 33.1 Å². The number of ether oxygens (including phenoxy) is 1. The number of halogens is 2. The molecule has 2 atom stereocenters. The monoisotopic (exact) mass is 447 g/mol. The summed E-state index contributed by atoms with van der Waals surface area (Å²) in [6.45, 7) is 5.14. The average molecular weight is 448 g/mol. The maximum atomic E-state index is 12.7. The first-order valence-corrected chi connectivity index (χ1v) is 10.9. The van der Waals surface area contributed by atoms with Gasteiger partial charge in [-0.1, -0.05) is 36.5 Å². The number of aliphatic imine (C=N–C) groups is 1.